The molecule has 1 rings (SSSR count). The van der Waals surface area contributed by atoms with E-state index in [1.165, 1.54) is 7.05 Å². The number of nitrogens with zero attached hydrogens (tertiary/aromatic N) is 1. The second kappa shape index (κ2) is 9.91. The van der Waals surface area contributed by atoms with E-state index in [0.29, 0.717) is 23.0 Å². The normalized spacial score (nSPS) is 10.1. The van der Waals surface area contributed by atoms with E-state index in [9.17, 15) is 14.8 Å². The van der Waals surface area contributed by atoms with Crippen molar-refractivity contribution in [1.29, 1.82) is 0 Å². The number of amides is 2. The molecule has 0 aliphatic heterocycles. The van der Waals surface area contributed by atoms with Crippen molar-refractivity contribution in [2.24, 2.45) is 0 Å². The average Bonchev–Trinajstić information content (AvgIpc) is 2.54. The van der Waals surface area contributed by atoms with Crippen molar-refractivity contribution in [1.82, 2.24) is 10.4 Å². The molecule has 0 spiro atoms. The quantitative estimate of drug-likeness (QED) is 0.293. The van der Waals surface area contributed by atoms with Crippen molar-refractivity contribution >= 4 is 23.9 Å². The fraction of sp³-hybridized carbons (Fsp3) is 0.467. The summed E-state index contributed by atoms with van der Waals surface area (Å²) in [6.45, 7) is 2.24. The third-order valence-electron chi connectivity index (χ3n) is 2.92. The maximum atomic E-state index is 11.3. The number of unbranched alkanes of at least 4 members (excludes halogenated alkanes) is 1. The average molecular weight is 345 g/mol. The molecule has 0 aliphatic rings. The van der Waals surface area contributed by atoms with Crippen LogP contribution in [0.2, 0.25) is 5.02 Å². The standard InChI is InChI=1S/C15H21ClN2O5/c1-3-4-5-22-15-12(16)6-11(8-18(21)10-19)7-13(15)23-9-14(20)17-2/h6-7,10,21H,3-5,8-9H2,1-2H3,(H,17,20). The van der Waals surface area contributed by atoms with Crippen molar-refractivity contribution in [2.45, 2.75) is 26.3 Å². The Hall–Kier alpha value is -1.99. The van der Waals surface area contributed by atoms with Gasteiger partial charge in [0.25, 0.3) is 5.91 Å². The molecule has 0 bridgehead atoms. The maximum absolute atomic E-state index is 11.3. The van der Waals surface area contributed by atoms with Gasteiger partial charge in [-0.2, -0.15) is 0 Å². The van der Waals surface area contributed by atoms with Crippen LogP contribution in [0, 0.1) is 0 Å². The molecular formula is C15H21ClN2O5. The molecule has 23 heavy (non-hydrogen) atoms. The minimum Gasteiger partial charge on any atom is -0.488 e. The molecule has 0 radical (unpaired) electrons. The van der Waals surface area contributed by atoms with Gasteiger partial charge in [-0.3, -0.25) is 14.8 Å². The molecular weight excluding hydrogens is 324 g/mol. The number of halogens is 1. The van der Waals surface area contributed by atoms with Gasteiger partial charge in [0, 0.05) is 7.05 Å². The van der Waals surface area contributed by atoms with Crippen molar-refractivity contribution in [3.05, 3.63) is 22.7 Å². The van der Waals surface area contributed by atoms with Crippen LogP contribution in [0.25, 0.3) is 0 Å². The monoisotopic (exact) mass is 344 g/mol. The molecule has 2 N–H and O–H groups in total. The van der Waals surface area contributed by atoms with E-state index in [2.05, 4.69) is 5.32 Å². The van der Waals surface area contributed by atoms with Gasteiger partial charge in [-0.05, 0) is 24.1 Å². The first-order valence-corrected chi connectivity index (χ1v) is 7.59. The predicted octanol–water partition coefficient (Wildman–Crippen LogP) is 1.99. The Kier molecular flexibility index (Phi) is 8.21. The highest BCUT2D eigenvalue weighted by atomic mass is 35.5. The van der Waals surface area contributed by atoms with Crippen molar-refractivity contribution < 1.29 is 24.3 Å². The first-order valence-electron chi connectivity index (χ1n) is 7.21. The number of nitrogens with one attached hydrogen (secondary N) is 1. The van der Waals surface area contributed by atoms with Crippen LogP contribution in [0.1, 0.15) is 25.3 Å². The van der Waals surface area contributed by atoms with Gasteiger partial charge in [-0.15, -0.1) is 0 Å². The van der Waals surface area contributed by atoms with E-state index in [0.717, 1.165) is 12.8 Å². The highest BCUT2D eigenvalue weighted by molar-refractivity contribution is 6.32. The summed E-state index contributed by atoms with van der Waals surface area (Å²) < 4.78 is 11.1. The lowest BCUT2D eigenvalue weighted by molar-refractivity contribution is -0.152. The summed E-state index contributed by atoms with van der Waals surface area (Å²) in [6, 6.07) is 3.14. The van der Waals surface area contributed by atoms with Crippen LogP contribution < -0.4 is 14.8 Å². The molecule has 0 unspecified atom stereocenters. The molecule has 7 nitrogen and oxygen atoms in total. The molecule has 0 saturated heterocycles. The summed E-state index contributed by atoms with van der Waals surface area (Å²) in [5.41, 5.74) is 0.541. The fourth-order valence-electron chi connectivity index (χ4n) is 1.72. The lowest BCUT2D eigenvalue weighted by Gasteiger charge is -2.16. The molecule has 8 heteroatoms. The van der Waals surface area contributed by atoms with Crippen LogP contribution in [0.15, 0.2) is 12.1 Å². The van der Waals surface area contributed by atoms with Gasteiger partial charge in [-0.25, -0.2) is 5.06 Å². The SMILES string of the molecule is CCCCOc1c(Cl)cc(CN(O)C=O)cc1OCC(=O)NC. The van der Waals surface area contributed by atoms with Crippen LogP contribution >= 0.6 is 11.6 Å². The van der Waals surface area contributed by atoms with Crippen molar-refractivity contribution in [2.75, 3.05) is 20.3 Å². The summed E-state index contributed by atoms with van der Waals surface area (Å²) in [6.07, 6.45) is 2.09. The Bertz CT molecular complexity index is 539. The van der Waals surface area contributed by atoms with E-state index in [1.807, 2.05) is 6.92 Å². The zero-order valence-electron chi connectivity index (χ0n) is 13.2. The predicted molar refractivity (Wildman–Crippen MR) is 84.8 cm³/mol. The van der Waals surface area contributed by atoms with Gasteiger partial charge in [-0.1, -0.05) is 24.9 Å². The van der Waals surface area contributed by atoms with E-state index >= 15 is 0 Å². The van der Waals surface area contributed by atoms with Crippen LogP contribution in [0.5, 0.6) is 11.5 Å². The number of hydroxylamine groups is 2. The Morgan fingerprint density at radius 1 is 1.43 bits per heavy atom. The molecule has 0 aromatic heterocycles. The summed E-state index contributed by atoms with van der Waals surface area (Å²) in [4.78, 5) is 21.9. The van der Waals surface area contributed by atoms with E-state index in [1.54, 1.807) is 12.1 Å². The van der Waals surface area contributed by atoms with Gasteiger partial charge in [0.05, 0.1) is 18.2 Å². The van der Waals surface area contributed by atoms with Crippen LogP contribution in [-0.4, -0.2) is 42.8 Å². The summed E-state index contributed by atoms with van der Waals surface area (Å²) in [7, 11) is 1.50. The Balaban J connectivity index is 3.00. The molecule has 0 heterocycles. The number of rotatable bonds is 10. The lowest BCUT2D eigenvalue weighted by atomic mass is 10.2. The highest BCUT2D eigenvalue weighted by Gasteiger charge is 2.15. The number of carbonyl (C=O) groups is 2. The van der Waals surface area contributed by atoms with E-state index in [-0.39, 0.29) is 36.2 Å². The zero-order valence-corrected chi connectivity index (χ0v) is 13.9. The first-order chi connectivity index (χ1) is 11.0. The second-order valence-electron chi connectivity index (χ2n) is 4.77. The summed E-state index contributed by atoms with van der Waals surface area (Å²) >= 11 is 6.20. The number of carbonyl (C=O) groups excluding carboxylic acids is 2. The molecule has 1 aromatic carbocycles. The molecule has 0 aliphatic carbocycles. The van der Waals surface area contributed by atoms with Gasteiger partial charge < -0.3 is 14.8 Å². The molecule has 0 fully saturated rings. The molecule has 1 aromatic rings. The zero-order chi connectivity index (χ0) is 17.2. The van der Waals surface area contributed by atoms with E-state index < -0.39 is 0 Å². The van der Waals surface area contributed by atoms with Crippen LogP contribution in [0.3, 0.4) is 0 Å². The largest absolute Gasteiger partial charge is 0.488 e. The Morgan fingerprint density at radius 3 is 2.78 bits per heavy atom. The molecule has 128 valence electrons. The topological polar surface area (TPSA) is 88.1 Å². The third-order valence-corrected chi connectivity index (χ3v) is 3.20. The number of hydrogen-bond acceptors (Lipinski definition) is 5. The number of ether oxygens (including phenoxy) is 2. The first kappa shape index (κ1) is 19.1. The van der Waals surface area contributed by atoms with Gasteiger partial charge in [0.15, 0.2) is 18.1 Å². The van der Waals surface area contributed by atoms with Gasteiger partial charge in [0.1, 0.15) is 0 Å². The Labute approximate surface area is 140 Å². The molecule has 0 atom stereocenters. The highest BCUT2D eigenvalue weighted by Crippen LogP contribution is 2.37. The summed E-state index contributed by atoms with van der Waals surface area (Å²) in [5.74, 6) is 0.317. The molecule has 0 saturated carbocycles. The van der Waals surface area contributed by atoms with Crippen LogP contribution in [-0.2, 0) is 16.1 Å². The van der Waals surface area contributed by atoms with Crippen LogP contribution in [0.4, 0.5) is 0 Å². The van der Waals surface area contributed by atoms with Crippen molar-refractivity contribution in [3.8, 4) is 11.5 Å². The van der Waals surface area contributed by atoms with Crippen molar-refractivity contribution in [3.63, 3.8) is 0 Å². The maximum Gasteiger partial charge on any atom is 0.257 e. The minimum absolute atomic E-state index is 0.0607. The Morgan fingerprint density at radius 2 is 2.17 bits per heavy atom. The van der Waals surface area contributed by atoms with Gasteiger partial charge in [0.2, 0.25) is 6.41 Å². The fourth-order valence-corrected chi connectivity index (χ4v) is 2.01. The third kappa shape index (κ3) is 6.33. The minimum atomic E-state index is -0.303. The number of benzene rings is 1. The second-order valence-corrected chi connectivity index (χ2v) is 5.18. The lowest BCUT2D eigenvalue weighted by Crippen LogP contribution is -2.25. The summed E-state index contributed by atoms with van der Waals surface area (Å²) in [5, 5.41) is 12.5. The number of hydrogen-bond donors (Lipinski definition) is 2. The van der Waals surface area contributed by atoms with E-state index in [4.69, 9.17) is 21.1 Å². The number of likely N-dealkylation sites (N-methyl/N-ethyl adjacent to an activating group) is 1. The smallest absolute Gasteiger partial charge is 0.257 e. The van der Waals surface area contributed by atoms with Gasteiger partial charge >= 0.3 is 0 Å². The molecule has 2 amide bonds.